The fourth-order valence-corrected chi connectivity index (χ4v) is 2.72. The Bertz CT molecular complexity index is 307. The summed E-state index contributed by atoms with van der Waals surface area (Å²) in [5, 5.41) is 3.69. The predicted octanol–water partition coefficient (Wildman–Crippen LogP) is 4.77. The van der Waals surface area contributed by atoms with Crippen molar-refractivity contribution in [2.45, 2.75) is 64.3 Å². The number of aryl methyl sites for hydroxylation is 1. The molecule has 0 amide bonds. The van der Waals surface area contributed by atoms with Crippen LogP contribution in [0.2, 0.25) is 0 Å². The molecular weight excluding hydrogens is 206 g/mol. The van der Waals surface area contributed by atoms with E-state index in [4.69, 9.17) is 0 Å². The van der Waals surface area contributed by atoms with Gasteiger partial charge in [-0.25, -0.2) is 0 Å². The minimum atomic E-state index is 0.703. The van der Waals surface area contributed by atoms with E-state index in [1.54, 1.807) is 0 Å². The summed E-state index contributed by atoms with van der Waals surface area (Å²) in [6.45, 7) is 2.23. The minimum Gasteiger partial charge on any atom is -0.382 e. The molecular formula is C16H25N. The average Bonchev–Trinajstić information content (AvgIpc) is 2.61. The molecule has 1 heteroatoms. The van der Waals surface area contributed by atoms with Gasteiger partial charge in [0, 0.05) is 11.7 Å². The first-order valence-corrected chi connectivity index (χ1v) is 7.24. The van der Waals surface area contributed by atoms with E-state index < -0.39 is 0 Å². The fraction of sp³-hybridized carbons (Fsp3) is 0.625. The third kappa shape index (κ3) is 4.07. The molecule has 0 bridgehead atoms. The van der Waals surface area contributed by atoms with Crippen molar-refractivity contribution < 1.29 is 0 Å². The van der Waals surface area contributed by atoms with Crippen molar-refractivity contribution in [2.75, 3.05) is 5.32 Å². The van der Waals surface area contributed by atoms with Gasteiger partial charge in [0.15, 0.2) is 0 Å². The van der Waals surface area contributed by atoms with Gasteiger partial charge in [0.25, 0.3) is 0 Å². The summed E-state index contributed by atoms with van der Waals surface area (Å²) in [7, 11) is 0. The minimum absolute atomic E-state index is 0.703. The van der Waals surface area contributed by atoms with Gasteiger partial charge in [-0.05, 0) is 37.0 Å². The van der Waals surface area contributed by atoms with Gasteiger partial charge in [-0.2, -0.15) is 0 Å². The smallest absolute Gasteiger partial charge is 0.0342 e. The first-order chi connectivity index (χ1) is 8.38. The SMILES string of the molecule is CCCc1ccc(NC2CCCCCC2)cc1. The Labute approximate surface area is 106 Å². The van der Waals surface area contributed by atoms with Crippen LogP contribution in [0.1, 0.15) is 57.4 Å². The summed E-state index contributed by atoms with van der Waals surface area (Å²) >= 11 is 0. The van der Waals surface area contributed by atoms with Crippen LogP contribution in [-0.4, -0.2) is 6.04 Å². The number of rotatable bonds is 4. The van der Waals surface area contributed by atoms with Crippen molar-refractivity contribution in [1.29, 1.82) is 0 Å². The molecule has 0 atom stereocenters. The highest BCUT2D eigenvalue weighted by Crippen LogP contribution is 2.21. The molecule has 1 nitrogen and oxygen atoms in total. The van der Waals surface area contributed by atoms with Crippen molar-refractivity contribution in [3.8, 4) is 0 Å². The molecule has 0 aliphatic heterocycles. The van der Waals surface area contributed by atoms with Crippen LogP contribution in [0.5, 0.6) is 0 Å². The lowest BCUT2D eigenvalue weighted by Gasteiger charge is -2.17. The zero-order chi connectivity index (χ0) is 11.9. The van der Waals surface area contributed by atoms with Gasteiger partial charge in [0.1, 0.15) is 0 Å². The van der Waals surface area contributed by atoms with Gasteiger partial charge >= 0.3 is 0 Å². The van der Waals surface area contributed by atoms with E-state index in [0.29, 0.717) is 6.04 Å². The maximum Gasteiger partial charge on any atom is 0.0342 e. The molecule has 1 aromatic carbocycles. The maximum atomic E-state index is 3.69. The first-order valence-electron chi connectivity index (χ1n) is 7.24. The van der Waals surface area contributed by atoms with E-state index in [0.717, 1.165) is 0 Å². The second kappa shape index (κ2) is 6.68. The molecule has 0 radical (unpaired) electrons. The second-order valence-corrected chi connectivity index (χ2v) is 5.28. The Morgan fingerprint density at radius 3 is 2.24 bits per heavy atom. The average molecular weight is 231 g/mol. The summed E-state index contributed by atoms with van der Waals surface area (Å²) in [5.41, 5.74) is 2.76. The second-order valence-electron chi connectivity index (χ2n) is 5.28. The predicted molar refractivity (Wildman–Crippen MR) is 75.5 cm³/mol. The monoisotopic (exact) mass is 231 g/mol. The van der Waals surface area contributed by atoms with Crippen molar-refractivity contribution in [3.63, 3.8) is 0 Å². The Morgan fingerprint density at radius 1 is 1.00 bits per heavy atom. The molecule has 1 aliphatic carbocycles. The van der Waals surface area contributed by atoms with Gasteiger partial charge in [-0.15, -0.1) is 0 Å². The summed E-state index contributed by atoms with van der Waals surface area (Å²) in [5.74, 6) is 0. The van der Waals surface area contributed by atoms with E-state index in [1.165, 1.54) is 62.6 Å². The van der Waals surface area contributed by atoms with Crippen LogP contribution in [0.25, 0.3) is 0 Å². The molecule has 0 aromatic heterocycles. The molecule has 1 saturated carbocycles. The van der Waals surface area contributed by atoms with E-state index >= 15 is 0 Å². The van der Waals surface area contributed by atoms with Crippen LogP contribution in [0.3, 0.4) is 0 Å². The van der Waals surface area contributed by atoms with Crippen LogP contribution < -0.4 is 5.32 Å². The highest BCUT2D eigenvalue weighted by Gasteiger charge is 2.11. The summed E-state index contributed by atoms with van der Waals surface area (Å²) in [6, 6.07) is 9.73. The molecule has 0 saturated heterocycles. The quantitative estimate of drug-likeness (QED) is 0.736. The standard InChI is InChI=1S/C16H25N/c1-2-7-14-10-12-16(13-11-14)17-15-8-5-3-4-6-9-15/h10-13,15,17H,2-9H2,1H3. The van der Waals surface area contributed by atoms with Crippen molar-refractivity contribution in [2.24, 2.45) is 0 Å². The molecule has 1 aliphatic rings. The van der Waals surface area contributed by atoms with Crippen molar-refractivity contribution in [3.05, 3.63) is 29.8 Å². The van der Waals surface area contributed by atoms with E-state index in [2.05, 4.69) is 36.5 Å². The van der Waals surface area contributed by atoms with Gasteiger partial charge in [0.2, 0.25) is 0 Å². The van der Waals surface area contributed by atoms with Crippen LogP contribution in [0.4, 0.5) is 5.69 Å². The number of benzene rings is 1. The highest BCUT2D eigenvalue weighted by atomic mass is 14.9. The van der Waals surface area contributed by atoms with E-state index in [-0.39, 0.29) is 0 Å². The van der Waals surface area contributed by atoms with Crippen molar-refractivity contribution >= 4 is 5.69 Å². The van der Waals surface area contributed by atoms with Crippen LogP contribution in [-0.2, 0) is 6.42 Å². The Hall–Kier alpha value is -0.980. The molecule has 0 spiro atoms. The molecule has 1 fully saturated rings. The van der Waals surface area contributed by atoms with Gasteiger partial charge in [-0.1, -0.05) is 51.2 Å². The van der Waals surface area contributed by atoms with E-state index in [9.17, 15) is 0 Å². The van der Waals surface area contributed by atoms with Crippen LogP contribution in [0, 0.1) is 0 Å². The summed E-state index contributed by atoms with van der Waals surface area (Å²) in [6.07, 6.45) is 10.8. The third-order valence-electron chi connectivity index (χ3n) is 3.72. The summed E-state index contributed by atoms with van der Waals surface area (Å²) < 4.78 is 0. The molecule has 1 N–H and O–H groups in total. The van der Waals surface area contributed by atoms with Gasteiger partial charge in [-0.3, -0.25) is 0 Å². The normalized spacial score (nSPS) is 17.7. The van der Waals surface area contributed by atoms with Gasteiger partial charge < -0.3 is 5.32 Å². The lowest BCUT2D eigenvalue weighted by Crippen LogP contribution is -2.18. The Balaban J connectivity index is 1.88. The fourth-order valence-electron chi connectivity index (χ4n) is 2.72. The lowest BCUT2D eigenvalue weighted by atomic mass is 10.1. The zero-order valence-electron chi connectivity index (χ0n) is 11.0. The molecule has 94 valence electrons. The Kier molecular flexibility index (Phi) is 4.90. The highest BCUT2D eigenvalue weighted by molar-refractivity contribution is 5.45. The van der Waals surface area contributed by atoms with Crippen LogP contribution >= 0.6 is 0 Å². The molecule has 1 aromatic rings. The zero-order valence-corrected chi connectivity index (χ0v) is 11.0. The number of hydrogen-bond donors (Lipinski definition) is 1. The van der Waals surface area contributed by atoms with E-state index in [1.807, 2.05) is 0 Å². The first kappa shape index (κ1) is 12.5. The number of nitrogens with one attached hydrogen (secondary N) is 1. The largest absolute Gasteiger partial charge is 0.382 e. The molecule has 0 heterocycles. The molecule has 0 unspecified atom stereocenters. The number of anilines is 1. The number of hydrogen-bond acceptors (Lipinski definition) is 1. The van der Waals surface area contributed by atoms with Gasteiger partial charge in [0.05, 0.1) is 0 Å². The topological polar surface area (TPSA) is 12.0 Å². The maximum absolute atomic E-state index is 3.69. The lowest BCUT2D eigenvalue weighted by molar-refractivity contribution is 0.620. The molecule has 17 heavy (non-hydrogen) atoms. The Morgan fingerprint density at radius 2 is 1.65 bits per heavy atom. The van der Waals surface area contributed by atoms with Crippen molar-refractivity contribution in [1.82, 2.24) is 0 Å². The molecule has 2 rings (SSSR count). The summed E-state index contributed by atoms with van der Waals surface area (Å²) in [4.78, 5) is 0. The van der Waals surface area contributed by atoms with Crippen LogP contribution in [0.15, 0.2) is 24.3 Å². The third-order valence-corrected chi connectivity index (χ3v) is 3.72.